The summed E-state index contributed by atoms with van der Waals surface area (Å²) in [5.41, 5.74) is 5.15. The number of thiophene rings is 1. The van der Waals surface area contributed by atoms with E-state index in [9.17, 15) is 18.0 Å². The van der Waals surface area contributed by atoms with E-state index in [0.717, 1.165) is 17.4 Å². The number of carbonyl (C=O) groups excluding carboxylic acids is 1. The number of carbonyl (C=O) groups is 1. The van der Waals surface area contributed by atoms with Gasteiger partial charge in [-0.1, -0.05) is 13.8 Å². The Balaban J connectivity index is 0.00000312. The zero-order chi connectivity index (χ0) is 18.3. The normalized spacial score (nSPS) is 12.2. The fraction of sp³-hybridized carbons (Fsp3) is 0.500. The van der Waals surface area contributed by atoms with Crippen molar-refractivity contribution in [3.63, 3.8) is 0 Å². The first kappa shape index (κ1) is 21.7. The molecule has 0 aliphatic rings. The summed E-state index contributed by atoms with van der Waals surface area (Å²) in [5.74, 6) is -0.231. The summed E-state index contributed by atoms with van der Waals surface area (Å²) in [7, 11) is 1.66. The number of alkyl halides is 3. The predicted octanol–water partition coefficient (Wildman–Crippen LogP) is 4.10. The lowest BCUT2D eigenvalue weighted by Crippen LogP contribution is -2.39. The van der Waals surface area contributed by atoms with Crippen molar-refractivity contribution in [2.45, 2.75) is 26.9 Å². The van der Waals surface area contributed by atoms with Gasteiger partial charge in [-0.25, -0.2) is 4.98 Å². The molecule has 0 bridgehead atoms. The van der Waals surface area contributed by atoms with Crippen LogP contribution >= 0.6 is 23.7 Å². The number of nitrogens with zero attached hydrogens (tertiary/aromatic N) is 2. The molecular weight excluding hydrogens is 375 g/mol. The largest absolute Gasteiger partial charge is 0.433 e. The minimum Gasteiger partial charge on any atom is -0.340 e. The summed E-state index contributed by atoms with van der Waals surface area (Å²) in [4.78, 5) is 18.5. The molecule has 0 saturated carbocycles. The Morgan fingerprint density at radius 2 is 1.92 bits per heavy atom. The third kappa shape index (κ3) is 4.62. The maximum absolute atomic E-state index is 12.8. The van der Waals surface area contributed by atoms with Crippen LogP contribution in [0.5, 0.6) is 0 Å². The average molecular weight is 396 g/mol. The Bertz CT molecular complexity index is 774. The molecule has 0 saturated heterocycles. The van der Waals surface area contributed by atoms with Crippen LogP contribution in [-0.2, 0) is 6.18 Å². The molecule has 0 aliphatic heterocycles. The van der Waals surface area contributed by atoms with Crippen LogP contribution in [0.1, 0.15) is 34.8 Å². The van der Waals surface area contributed by atoms with Crippen LogP contribution < -0.4 is 5.73 Å². The molecule has 0 aromatic carbocycles. The molecule has 1 amide bonds. The van der Waals surface area contributed by atoms with Crippen LogP contribution in [0.3, 0.4) is 0 Å². The van der Waals surface area contributed by atoms with Crippen LogP contribution in [0.2, 0.25) is 0 Å². The van der Waals surface area contributed by atoms with Crippen molar-refractivity contribution in [1.29, 1.82) is 0 Å². The summed E-state index contributed by atoms with van der Waals surface area (Å²) >= 11 is 0.991. The molecular formula is C16H21ClF3N3OS. The number of pyridine rings is 1. The van der Waals surface area contributed by atoms with Gasteiger partial charge in [0.15, 0.2) is 0 Å². The number of hydrogen-bond donors (Lipinski definition) is 1. The van der Waals surface area contributed by atoms with E-state index in [0.29, 0.717) is 28.9 Å². The van der Waals surface area contributed by atoms with Crippen molar-refractivity contribution in [1.82, 2.24) is 9.88 Å². The van der Waals surface area contributed by atoms with Gasteiger partial charge in [0.1, 0.15) is 10.5 Å². The van der Waals surface area contributed by atoms with Crippen molar-refractivity contribution >= 4 is 39.9 Å². The summed E-state index contributed by atoms with van der Waals surface area (Å²) in [6, 6.07) is 2.31. The third-order valence-corrected chi connectivity index (χ3v) is 5.04. The van der Waals surface area contributed by atoms with Gasteiger partial charge in [0.2, 0.25) is 0 Å². The van der Waals surface area contributed by atoms with E-state index in [1.807, 2.05) is 13.8 Å². The van der Waals surface area contributed by atoms with E-state index in [2.05, 4.69) is 4.98 Å². The Labute approximate surface area is 154 Å². The van der Waals surface area contributed by atoms with Crippen LogP contribution in [0.15, 0.2) is 12.1 Å². The molecule has 9 heteroatoms. The van der Waals surface area contributed by atoms with Gasteiger partial charge in [-0.15, -0.1) is 23.7 Å². The van der Waals surface area contributed by atoms with Gasteiger partial charge in [-0.3, -0.25) is 4.79 Å². The standard InChI is InChI=1S/C16H20F3N3OS.ClH/c1-9-10-5-6-11(16(17,18)19)21-13(10)24-12(9)14(23)22(4)8-15(2,3)7-20;/h5-6H,7-8,20H2,1-4H3;1H. The van der Waals surface area contributed by atoms with Crippen molar-refractivity contribution in [2.75, 3.05) is 20.1 Å². The monoisotopic (exact) mass is 395 g/mol. The predicted molar refractivity (Wildman–Crippen MR) is 96.4 cm³/mol. The van der Waals surface area contributed by atoms with E-state index in [1.54, 1.807) is 18.9 Å². The third-order valence-electron chi connectivity index (χ3n) is 3.85. The van der Waals surface area contributed by atoms with Gasteiger partial charge < -0.3 is 10.6 Å². The topological polar surface area (TPSA) is 59.2 Å². The van der Waals surface area contributed by atoms with Crippen LogP contribution in [0.4, 0.5) is 13.2 Å². The second-order valence-electron chi connectivity index (χ2n) is 6.63. The molecule has 2 aromatic heterocycles. The average Bonchev–Trinajstić information content (AvgIpc) is 2.81. The van der Waals surface area contributed by atoms with Crippen molar-refractivity contribution < 1.29 is 18.0 Å². The summed E-state index contributed by atoms with van der Waals surface area (Å²) < 4.78 is 38.4. The molecule has 140 valence electrons. The minimum atomic E-state index is -4.50. The van der Waals surface area contributed by atoms with Gasteiger partial charge >= 0.3 is 6.18 Å². The SMILES string of the molecule is Cc1c(C(=O)N(C)CC(C)(C)CN)sc2nc(C(F)(F)F)ccc12.Cl. The molecule has 0 radical (unpaired) electrons. The second-order valence-corrected chi connectivity index (χ2v) is 7.63. The Hall–Kier alpha value is -1.38. The van der Waals surface area contributed by atoms with Crippen LogP contribution in [0, 0.1) is 12.3 Å². The number of rotatable bonds is 4. The smallest absolute Gasteiger partial charge is 0.340 e. The van der Waals surface area contributed by atoms with Crippen molar-refractivity contribution in [3.8, 4) is 0 Å². The van der Waals surface area contributed by atoms with E-state index in [4.69, 9.17) is 5.73 Å². The maximum Gasteiger partial charge on any atom is 0.433 e. The minimum absolute atomic E-state index is 0. The molecule has 0 atom stereocenters. The molecule has 2 rings (SSSR count). The first-order valence-corrected chi connectivity index (χ1v) is 8.21. The zero-order valence-corrected chi connectivity index (χ0v) is 16.0. The number of aryl methyl sites for hydroxylation is 1. The number of halogens is 4. The van der Waals surface area contributed by atoms with Gasteiger partial charge in [-0.2, -0.15) is 13.2 Å². The molecule has 2 heterocycles. The van der Waals surface area contributed by atoms with Crippen LogP contribution in [-0.4, -0.2) is 35.9 Å². The zero-order valence-electron chi connectivity index (χ0n) is 14.4. The lowest BCUT2D eigenvalue weighted by Gasteiger charge is -2.28. The number of fused-ring (bicyclic) bond motifs is 1. The molecule has 0 unspecified atom stereocenters. The Morgan fingerprint density at radius 3 is 2.44 bits per heavy atom. The lowest BCUT2D eigenvalue weighted by molar-refractivity contribution is -0.140. The fourth-order valence-corrected chi connectivity index (χ4v) is 3.59. The van der Waals surface area contributed by atoms with Crippen LogP contribution in [0.25, 0.3) is 10.2 Å². The van der Waals surface area contributed by atoms with Gasteiger partial charge in [0.05, 0.1) is 4.88 Å². The number of hydrogen-bond acceptors (Lipinski definition) is 4. The second kappa shape index (κ2) is 7.47. The molecule has 0 aliphatic carbocycles. The molecule has 0 spiro atoms. The molecule has 4 nitrogen and oxygen atoms in total. The first-order valence-electron chi connectivity index (χ1n) is 7.39. The molecule has 0 fully saturated rings. The van der Waals surface area contributed by atoms with E-state index in [-0.39, 0.29) is 28.6 Å². The number of nitrogens with two attached hydrogens (primary N) is 1. The number of aromatic nitrogens is 1. The number of amides is 1. The van der Waals surface area contributed by atoms with E-state index in [1.165, 1.54) is 6.07 Å². The summed E-state index contributed by atoms with van der Waals surface area (Å²) in [5, 5.41) is 0.572. The first-order chi connectivity index (χ1) is 11.0. The highest BCUT2D eigenvalue weighted by Crippen LogP contribution is 2.34. The highest BCUT2D eigenvalue weighted by molar-refractivity contribution is 7.20. The summed E-state index contributed by atoms with van der Waals surface area (Å²) in [6.07, 6.45) is -4.50. The highest BCUT2D eigenvalue weighted by atomic mass is 35.5. The fourth-order valence-electron chi connectivity index (χ4n) is 2.41. The maximum atomic E-state index is 12.8. The molecule has 25 heavy (non-hydrogen) atoms. The van der Waals surface area contributed by atoms with Crippen molar-refractivity contribution in [3.05, 3.63) is 28.3 Å². The molecule has 2 N–H and O–H groups in total. The quantitative estimate of drug-likeness (QED) is 0.847. The van der Waals surface area contributed by atoms with E-state index < -0.39 is 11.9 Å². The van der Waals surface area contributed by atoms with Gasteiger partial charge in [0.25, 0.3) is 5.91 Å². The van der Waals surface area contributed by atoms with Gasteiger partial charge in [0, 0.05) is 19.0 Å². The van der Waals surface area contributed by atoms with Gasteiger partial charge in [-0.05, 0) is 36.6 Å². The van der Waals surface area contributed by atoms with Crippen molar-refractivity contribution in [2.24, 2.45) is 11.1 Å². The molecule has 2 aromatic rings. The highest BCUT2D eigenvalue weighted by Gasteiger charge is 2.33. The Morgan fingerprint density at radius 1 is 1.32 bits per heavy atom. The van der Waals surface area contributed by atoms with E-state index >= 15 is 0 Å². The lowest BCUT2D eigenvalue weighted by atomic mass is 9.93. The Kier molecular flexibility index (Phi) is 6.47. The summed E-state index contributed by atoms with van der Waals surface area (Å²) in [6.45, 7) is 6.50.